The summed E-state index contributed by atoms with van der Waals surface area (Å²) in [7, 11) is 0. The van der Waals surface area contributed by atoms with Crippen molar-refractivity contribution in [1.82, 2.24) is 9.88 Å². The minimum Gasteiger partial charge on any atom is -0.308 e. The van der Waals surface area contributed by atoms with Gasteiger partial charge in [-0.25, -0.2) is 10.8 Å². The van der Waals surface area contributed by atoms with Crippen LogP contribution in [0.1, 0.15) is 19.4 Å². The Labute approximate surface area is 120 Å². The first-order chi connectivity index (χ1) is 9.67. The predicted octanol–water partition coefficient (Wildman–Crippen LogP) is 2.61. The lowest BCUT2D eigenvalue weighted by Gasteiger charge is -2.18. The largest absolute Gasteiger partial charge is 0.308 e. The zero-order valence-electron chi connectivity index (χ0n) is 12.1. The molecule has 0 amide bonds. The molecule has 2 atom stereocenters. The highest BCUT2D eigenvalue weighted by Crippen LogP contribution is 2.26. The van der Waals surface area contributed by atoms with Crippen LogP contribution in [0.25, 0.3) is 10.9 Å². The SMILES string of the molecule is CC1CN(Cc2cc3ccccc3nc2NN)CC1C. The van der Waals surface area contributed by atoms with Gasteiger partial charge in [0, 0.05) is 30.6 Å². The first kappa shape index (κ1) is 13.3. The maximum atomic E-state index is 5.64. The lowest BCUT2D eigenvalue weighted by Crippen LogP contribution is -2.22. The number of benzene rings is 1. The predicted molar refractivity (Wildman–Crippen MR) is 83.2 cm³/mol. The van der Waals surface area contributed by atoms with Crippen molar-refractivity contribution >= 4 is 16.7 Å². The number of likely N-dealkylation sites (tertiary alicyclic amines) is 1. The quantitative estimate of drug-likeness (QED) is 0.665. The number of nitrogen functional groups attached to an aromatic ring is 1. The summed E-state index contributed by atoms with van der Waals surface area (Å²) < 4.78 is 0. The zero-order valence-corrected chi connectivity index (χ0v) is 12.1. The molecule has 0 radical (unpaired) electrons. The molecule has 1 fully saturated rings. The smallest absolute Gasteiger partial charge is 0.145 e. The standard InChI is InChI=1S/C16H22N4/c1-11-8-20(9-12(11)2)10-14-7-13-5-3-4-6-15(13)18-16(14)19-17/h3-7,11-12H,8-10,17H2,1-2H3,(H,18,19). The Balaban J connectivity index is 1.90. The molecule has 20 heavy (non-hydrogen) atoms. The third-order valence-corrected chi connectivity index (χ3v) is 4.40. The summed E-state index contributed by atoms with van der Waals surface area (Å²) in [4.78, 5) is 7.10. The molecule has 0 saturated carbocycles. The molecular formula is C16H22N4. The highest BCUT2D eigenvalue weighted by molar-refractivity contribution is 5.81. The van der Waals surface area contributed by atoms with E-state index in [1.165, 1.54) is 10.9 Å². The van der Waals surface area contributed by atoms with E-state index in [1.54, 1.807) is 0 Å². The lowest BCUT2D eigenvalue weighted by molar-refractivity contribution is 0.316. The van der Waals surface area contributed by atoms with Crippen LogP contribution < -0.4 is 11.3 Å². The van der Waals surface area contributed by atoms with Crippen LogP contribution in [0.15, 0.2) is 30.3 Å². The highest BCUT2D eigenvalue weighted by Gasteiger charge is 2.26. The van der Waals surface area contributed by atoms with Gasteiger partial charge in [0.1, 0.15) is 5.82 Å². The van der Waals surface area contributed by atoms with Crippen molar-refractivity contribution in [1.29, 1.82) is 0 Å². The van der Waals surface area contributed by atoms with Gasteiger partial charge >= 0.3 is 0 Å². The van der Waals surface area contributed by atoms with Crippen LogP contribution in [-0.2, 0) is 6.54 Å². The molecule has 3 rings (SSSR count). The Hall–Kier alpha value is -1.65. The van der Waals surface area contributed by atoms with Crippen molar-refractivity contribution in [3.63, 3.8) is 0 Å². The molecule has 4 heteroatoms. The van der Waals surface area contributed by atoms with E-state index in [9.17, 15) is 0 Å². The number of hydrogen-bond acceptors (Lipinski definition) is 4. The van der Waals surface area contributed by atoms with E-state index < -0.39 is 0 Å². The van der Waals surface area contributed by atoms with Crippen LogP contribution in [0.5, 0.6) is 0 Å². The fraction of sp³-hybridized carbons (Fsp3) is 0.438. The van der Waals surface area contributed by atoms with Crippen LogP contribution in [0.2, 0.25) is 0 Å². The second-order valence-electron chi connectivity index (χ2n) is 5.98. The van der Waals surface area contributed by atoms with Gasteiger partial charge in [-0.05, 0) is 24.0 Å². The summed E-state index contributed by atoms with van der Waals surface area (Å²) in [6.45, 7) is 7.86. The van der Waals surface area contributed by atoms with E-state index in [1.807, 2.05) is 18.2 Å². The number of hydrogen-bond donors (Lipinski definition) is 2. The topological polar surface area (TPSA) is 54.2 Å². The van der Waals surface area contributed by atoms with Gasteiger partial charge in [-0.15, -0.1) is 0 Å². The molecule has 2 heterocycles. The lowest BCUT2D eigenvalue weighted by atomic mass is 10.0. The van der Waals surface area contributed by atoms with Gasteiger partial charge in [-0.3, -0.25) is 4.90 Å². The average molecular weight is 270 g/mol. The molecule has 106 valence electrons. The number of nitrogens with one attached hydrogen (secondary N) is 1. The van der Waals surface area contributed by atoms with Crippen molar-refractivity contribution in [3.05, 3.63) is 35.9 Å². The number of nitrogens with two attached hydrogens (primary N) is 1. The van der Waals surface area contributed by atoms with Gasteiger partial charge in [0.2, 0.25) is 0 Å². The van der Waals surface area contributed by atoms with Crippen molar-refractivity contribution in [2.45, 2.75) is 20.4 Å². The summed E-state index contributed by atoms with van der Waals surface area (Å²) in [5.41, 5.74) is 4.90. The Kier molecular flexibility index (Phi) is 3.59. The average Bonchev–Trinajstić information content (AvgIpc) is 2.76. The van der Waals surface area contributed by atoms with Crippen LogP contribution in [0, 0.1) is 11.8 Å². The third kappa shape index (κ3) is 2.49. The van der Waals surface area contributed by atoms with E-state index >= 15 is 0 Å². The van der Waals surface area contributed by atoms with Gasteiger partial charge in [0.15, 0.2) is 0 Å². The number of pyridine rings is 1. The number of hydrazine groups is 1. The fourth-order valence-electron chi connectivity index (χ4n) is 3.02. The second-order valence-corrected chi connectivity index (χ2v) is 5.98. The van der Waals surface area contributed by atoms with Gasteiger partial charge in [0.05, 0.1) is 5.52 Å². The van der Waals surface area contributed by atoms with E-state index in [2.05, 4.69) is 41.3 Å². The molecule has 4 nitrogen and oxygen atoms in total. The first-order valence-electron chi connectivity index (χ1n) is 7.25. The summed E-state index contributed by atoms with van der Waals surface area (Å²) in [6, 6.07) is 10.4. The summed E-state index contributed by atoms with van der Waals surface area (Å²) in [6.07, 6.45) is 0. The second kappa shape index (κ2) is 5.38. The Bertz CT molecular complexity index is 600. The van der Waals surface area contributed by atoms with Crippen LogP contribution in [-0.4, -0.2) is 23.0 Å². The summed E-state index contributed by atoms with van der Waals surface area (Å²) >= 11 is 0. The molecule has 0 spiro atoms. The molecule has 1 aliphatic heterocycles. The van der Waals surface area contributed by atoms with E-state index in [-0.39, 0.29) is 0 Å². The molecule has 2 aromatic rings. The molecule has 2 unspecified atom stereocenters. The Morgan fingerprint density at radius 2 is 1.95 bits per heavy atom. The molecule has 0 aliphatic carbocycles. The van der Waals surface area contributed by atoms with Crippen LogP contribution in [0.3, 0.4) is 0 Å². The molecule has 3 N–H and O–H groups in total. The number of anilines is 1. The first-order valence-corrected chi connectivity index (χ1v) is 7.25. The molecule has 0 bridgehead atoms. The Morgan fingerprint density at radius 3 is 2.65 bits per heavy atom. The van der Waals surface area contributed by atoms with Gasteiger partial charge in [-0.2, -0.15) is 0 Å². The normalized spacial score (nSPS) is 23.4. The minimum absolute atomic E-state index is 0.762. The van der Waals surface area contributed by atoms with E-state index in [4.69, 9.17) is 5.84 Å². The molecular weight excluding hydrogens is 248 g/mol. The molecule has 1 aliphatic rings. The van der Waals surface area contributed by atoms with Gasteiger partial charge in [-0.1, -0.05) is 32.0 Å². The van der Waals surface area contributed by atoms with E-state index in [0.29, 0.717) is 0 Å². The number of aromatic nitrogens is 1. The summed E-state index contributed by atoms with van der Waals surface area (Å²) in [5, 5.41) is 1.17. The van der Waals surface area contributed by atoms with Crippen molar-refractivity contribution in [2.24, 2.45) is 17.7 Å². The number of rotatable bonds is 3. The van der Waals surface area contributed by atoms with Crippen LogP contribution >= 0.6 is 0 Å². The maximum absolute atomic E-state index is 5.64. The monoisotopic (exact) mass is 270 g/mol. The minimum atomic E-state index is 0.762. The highest BCUT2D eigenvalue weighted by atomic mass is 15.3. The van der Waals surface area contributed by atoms with Crippen molar-refractivity contribution in [3.8, 4) is 0 Å². The maximum Gasteiger partial charge on any atom is 0.145 e. The van der Waals surface area contributed by atoms with Crippen LogP contribution in [0.4, 0.5) is 5.82 Å². The van der Waals surface area contributed by atoms with Crippen molar-refractivity contribution < 1.29 is 0 Å². The molecule has 1 aromatic heterocycles. The molecule has 1 saturated heterocycles. The Morgan fingerprint density at radius 1 is 1.25 bits per heavy atom. The third-order valence-electron chi connectivity index (χ3n) is 4.40. The zero-order chi connectivity index (χ0) is 14.1. The summed E-state index contributed by atoms with van der Waals surface area (Å²) in [5.74, 6) is 7.95. The number of fused-ring (bicyclic) bond motifs is 1. The fourth-order valence-corrected chi connectivity index (χ4v) is 3.02. The van der Waals surface area contributed by atoms with Gasteiger partial charge < -0.3 is 5.43 Å². The number of para-hydroxylation sites is 1. The van der Waals surface area contributed by atoms with Crippen molar-refractivity contribution in [2.75, 3.05) is 18.5 Å². The molecule has 1 aromatic carbocycles. The van der Waals surface area contributed by atoms with E-state index in [0.717, 1.165) is 42.8 Å². The van der Waals surface area contributed by atoms with Gasteiger partial charge in [0.25, 0.3) is 0 Å². The number of nitrogens with zero attached hydrogens (tertiary/aromatic N) is 2.